The topological polar surface area (TPSA) is 29.9 Å². The summed E-state index contributed by atoms with van der Waals surface area (Å²) in [5.41, 5.74) is 1.30. The molecule has 1 N–H and O–H groups in total. The third-order valence-electron chi connectivity index (χ3n) is 4.41. The second-order valence-corrected chi connectivity index (χ2v) is 5.54. The van der Waals surface area contributed by atoms with Gasteiger partial charge in [0.2, 0.25) is 0 Å². The molecule has 0 radical (unpaired) electrons. The summed E-state index contributed by atoms with van der Waals surface area (Å²) in [6.07, 6.45) is 6.82. The van der Waals surface area contributed by atoms with Crippen LogP contribution in [0, 0.1) is 11.8 Å². The summed E-state index contributed by atoms with van der Waals surface area (Å²) in [4.78, 5) is 0. The molecule has 0 saturated heterocycles. The molecule has 4 unspecified atom stereocenters. The van der Waals surface area contributed by atoms with Gasteiger partial charge in [0, 0.05) is 30.4 Å². The van der Waals surface area contributed by atoms with Crippen LogP contribution in [0.5, 0.6) is 0 Å². The first-order valence-corrected chi connectivity index (χ1v) is 6.90. The van der Waals surface area contributed by atoms with Crippen LogP contribution in [0.15, 0.2) is 12.4 Å². The van der Waals surface area contributed by atoms with E-state index in [0.717, 1.165) is 18.4 Å². The van der Waals surface area contributed by atoms with Gasteiger partial charge in [-0.2, -0.15) is 5.10 Å². The smallest absolute Gasteiger partial charge is 0.0537 e. The van der Waals surface area contributed by atoms with Gasteiger partial charge in [0.1, 0.15) is 0 Å². The second kappa shape index (κ2) is 5.21. The van der Waals surface area contributed by atoms with Crippen LogP contribution in [0.3, 0.4) is 0 Å². The van der Waals surface area contributed by atoms with Gasteiger partial charge in [0.05, 0.1) is 6.20 Å². The first-order chi connectivity index (χ1) is 8.11. The van der Waals surface area contributed by atoms with Gasteiger partial charge < -0.3 is 5.32 Å². The fraction of sp³-hybridized carbons (Fsp3) is 0.786. The van der Waals surface area contributed by atoms with Crippen LogP contribution in [0.25, 0.3) is 0 Å². The molecule has 4 atom stereocenters. The maximum absolute atomic E-state index is 4.34. The molecule has 0 amide bonds. The Kier molecular flexibility index (Phi) is 3.87. The summed E-state index contributed by atoms with van der Waals surface area (Å²) >= 11 is 0. The number of nitrogens with zero attached hydrogens (tertiary/aromatic N) is 2. The van der Waals surface area contributed by atoms with Crippen LogP contribution < -0.4 is 5.32 Å². The average molecular weight is 235 g/mol. The van der Waals surface area contributed by atoms with Crippen molar-refractivity contribution in [1.82, 2.24) is 15.1 Å². The molecule has 0 aliphatic heterocycles. The van der Waals surface area contributed by atoms with Gasteiger partial charge in [-0.1, -0.05) is 13.8 Å². The summed E-state index contributed by atoms with van der Waals surface area (Å²) in [5, 5.41) is 8.10. The SMILES string of the molecule is CCn1cc(C(C)NC2CCC(C)C2C)cn1. The van der Waals surface area contributed by atoms with Gasteiger partial charge in [-0.25, -0.2) is 0 Å². The average Bonchev–Trinajstić information content (AvgIpc) is 2.91. The maximum atomic E-state index is 4.34. The van der Waals surface area contributed by atoms with E-state index in [-0.39, 0.29) is 0 Å². The number of aryl methyl sites for hydroxylation is 1. The Balaban J connectivity index is 1.94. The zero-order chi connectivity index (χ0) is 12.4. The quantitative estimate of drug-likeness (QED) is 0.869. The highest BCUT2D eigenvalue weighted by Crippen LogP contribution is 2.32. The van der Waals surface area contributed by atoms with Gasteiger partial charge in [0.25, 0.3) is 0 Å². The number of nitrogens with one attached hydrogen (secondary N) is 1. The molecule has 1 fully saturated rings. The van der Waals surface area contributed by atoms with Crippen molar-refractivity contribution in [2.24, 2.45) is 11.8 Å². The van der Waals surface area contributed by atoms with Crippen LogP contribution in [-0.2, 0) is 6.54 Å². The second-order valence-electron chi connectivity index (χ2n) is 5.54. The highest BCUT2D eigenvalue weighted by Gasteiger charge is 2.30. The number of aromatic nitrogens is 2. The molecule has 0 spiro atoms. The van der Waals surface area contributed by atoms with E-state index < -0.39 is 0 Å². The van der Waals surface area contributed by atoms with E-state index in [2.05, 4.69) is 44.3 Å². The molecule has 1 aromatic rings. The van der Waals surface area contributed by atoms with E-state index in [1.807, 2.05) is 10.9 Å². The van der Waals surface area contributed by atoms with Gasteiger partial charge in [-0.3, -0.25) is 4.68 Å². The van der Waals surface area contributed by atoms with E-state index in [0.29, 0.717) is 12.1 Å². The minimum absolute atomic E-state index is 0.410. The lowest BCUT2D eigenvalue weighted by Crippen LogP contribution is -2.34. The number of rotatable bonds is 4. The minimum Gasteiger partial charge on any atom is -0.307 e. The molecule has 2 rings (SSSR count). The lowest BCUT2D eigenvalue weighted by molar-refractivity contribution is 0.347. The third kappa shape index (κ3) is 2.71. The molecule has 1 aromatic heterocycles. The van der Waals surface area contributed by atoms with Crippen molar-refractivity contribution in [3.8, 4) is 0 Å². The first-order valence-electron chi connectivity index (χ1n) is 6.90. The Bertz CT molecular complexity index is 358. The fourth-order valence-corrected chi connectivity index (χ4v) is 2.79. The molecule has 17 heavy (non-hydrogen) atoms. The van der Waals surface area contributed by atoms with Crippen LogP contribution >= 0.6 is 0 Å². The standard InChI is InChI=1S/C14H25N3/c1-5-17-9-13(8-15-17)12(4)16-14-7-6-10(2)11(14)3/h8-12,14,16H,5-7H2,1-4H3. The summed E-state index contributed by atoms with van der Waals surface area (Å²) in [6.45, 7) is 10.1. The Labute approximate surface area is 105 Å². The highest BCUT2D eigenvalue weighted by molar-refractivity contribution is 5.10. The van der Waals surface area contributed by atoms with Crippen molar-refractivity contribution in [2.45, 2.75) is 59.2 Å². The summed E-state index contributed by atoms with van der Waals surface area (Å²) in [5.74, 6) is 1.65. The van der Waals surface area contributed by atoms with Crippen LogP contribution in [0.2, 0.25) is 0 Å². The third-order valence-corrected chi connectivity index (χ3v) is 4.41. The van der Waals surface area contributed by atoms with Crippen molar-refractivity contribution in [1.29, 1.82) is 0 Å². The van der Waals surface area contributed by atoms with E-state index in [4.69, 9.17) is 0 Å². The van der Waals surface area contributed by atoms with Crippen molar-refractivity contribution >= 4 is 0 Å². The Morgan fingerprint density at radius 1 is 1.47 bits per heavy atom. The Morgan fingerprint density at radius 2 is 2.24 bits per heavy atom. The molecule has 96 valence electrons. The van der Waals surface area contributed by atoms with E-state index in [9.17, 15) is 0 Å². The molecule has 0 bridgehead atoms. The minimum atomic E-state index is 0.410. The molecule has 3 heteroatoms. The molecular formula is C14H25N3. The van der Waals surface area contributed by atoms with Crippen molar-refractivity contribution < 1.29 is 0 Å². The van der Waals surface area contributed by atoms with Gasteiger partial charge in [0.15, 0.2) is 0 Å². The monoisotopic (exact) mass is 235 g/mol. The molecular weight excluding hydrogens is 210 g/mol. The zero-order valence-corrected chi connectivity index (χ0v) is 11.5. The molecule has 1 saturated carbocycles. The van der Waals surface area contributed by atoms with E-state index in [1.165, 1.54) is 18.4 Å². The summed E-state index contributed by atoms with van der Waals surface area (Å²) < 4.78 is 1.99. The highest BCUT2D eigenvalue weighted by atomic mass is 15.3. The Hall–Kier alpha value is -0.830. The van der Waals surface area contributed by atoms with Crippen molar-refractivity contribution in [2.75, 3.05) is 0 Å². The summed E-state index contributed by atoms with van der Waals surface area (Å²) in [6, 6.07) is 1.08. The predicted octanol–water partition coefficient (Wildman–Crippen LogP) is 2.99. The van der Waals surface area contributed by atoms with Gasteiger partial charge in [-0.15, -0.1) is 0 Å². The molecule has 3 nitrogen and oxygen atoms in total. The Morgan fingerprint density at radius 3 is 2.76 bits per heavy atom. The molecule has 1 aliphatic carbocycles. The normalized spacial score (nSPS) is 30.7. The van der Waals surface area contributed by atoms with Gasteiger partial charge in [-0.05, 0) is 38.5 Å². The maximum Gasteiger partial charge on any atom is 0.0537 e. The zero-order valence-electron chi connectivity index (χ0n) is 11.5. The molecule has 1 heterocycles. The molecule has 0 aromatic carbocycles. The van der Waals surface area contributed by atoms with Gasteiger partial charge >= 0.3 is 0 Å². The van der Waals surface area contributed by atoms with Crippen LogP contribution in [0.4, 0.5) is 0 Å². The van der Waals surface area contributed by atoms with Crippen LogP contribution in [0.1, 0.15) is 52.1 Å². The largest absolute Gasteiger partial charge is 0.307 e. The summed E-state index contributed by atoms with van der Waals surface area (Å²) in [7, 11) is 0. The lowest BCUT2D eigenvalue weighted by atomic mass is 9.97. The molecule has 1 aliphatic rings. The van der Waals surface area contributed by atoms with Crippen molar-refractivity contribution in [3.63, 3.8) is 0 Å². The number of hydrogen-bond donors (Lipinski definition) is 1. The van der Waals surface area contributed by atoms with Crippen LogP contribution in [-0.4, -0.2) is 15.8 Å². The van der Waals surface area contributed by atoms with Crippen molar-refractivity contribution in [3.05, 3.63) is 18.0 Å². The lowest BCUT2D eigenvalue weighted by Gasteiger charge is -2.23. The van der Waals surface area contributed by atoms with E-state index in [1.54, 1.807) is 0 Å². The predicted molar refractivity (Wildman–Crippen MR) is 70.8 cm³/mol. The first kappa shape index (κ1) is 12.6. The van der Waals surface area contributed by atoms with E-state index >= 15 is 0 Å². The fourth-order valence-electron chi connectivity index (χ4n) is 2.79. The number of hydrogen-bond acceptors (Lipinski definition) is 2.